The Morgan fingerprint density at radius 2 is 1.43 bits per heavy atom. The van der Waals surface area contributed by atoms with Crippen molar-refractivity contribution >= 4 is 62.2 Å². The summed E-state index contributed by atoms with van der Waals surface area (Å²) in [6.07, 6.45) is 2.73. The molecule has 4 amide bonds. The van der Waals surface area contributed by atoms with Crippen molar-refractivity contribution in [1.82, 2.24) is 9.80 Å². The van der Waals surface area contributed by atoms with E-state index in [4.69, 9.17) is 0 Å². The number of rotatable bonds is 5. The first-order valence-corrected chi connectivity index (χ1v) is 15.8. The summed E-state index contributed by atoms with van der Waals surface area (Å²) in [7, 11) is 0. The molecule has 2 aliphatic heterocycles. The number of thiophene rings is 2. The number of aromatic hydroxyl groups is 1. The molecule has 4 aliphatic rings. The van der Waals surface area contributed by atoms with Crippen LogP contribution in [-0.4, -0.2) is 38.5 Å². The molecule has 0 spiro atoms. The van der Waals surface area contributed by atoms with Crippen molar-refractivity contribution in [2.24, 2.45) is 29.6 Å². The van der Waals surface area contributed by atoms with Crippen molar-refractivity contribution in [3.63, 3.8) is 0 Å². The molecule has 3 aromatic rings. The van der Waals surface area contributed by atoms with Crippen LogP contribution in [0.2, 0.25) is 0 Å². The Hall–Kier alpha value is -3.08. The van der Waals surface area contributed by atoms with E-state index in [1.807, 2.05) is 41.1 Å². The summed E-state index contributed by atoms with van der Waals surface area (Å²) in [6.45, 7) is 0.458. The second kappa shape index (κ2) is 9.78. The Labute approximate surface area is 247 Å². The lowest BCUT2D eigenvalue weighted by Crippen LogP contribution is -2.43. The minimum Gasteiger partial charge on any atom is -0.508 e. The highest BCUT2D eigenvalue weighted by molar-refractivity contribution is 9.10. The highest BCUT2D eigenvalue weighted by Gasteiger charge is 2.62. The number of fused-ring (bicyclic) bond motifs is 4. The van der Waals surface area contributed by atoms with Gasteiger partial charge in [-0.15, -0.1) is 22.7 Å². The van der Waals surface area contributed by atoms with Gasteiger partial charge in [0, 0.05) is 25.7 Å². The highest BCUT2D eigenvalue weighted by atomic mass is 79.9. The number of imide groups is 2. The third-order valence-electron chi connectivity index (χ3n) is 8.94. The van der Waals surface area contributed by atoms with Crippen LogP contribution in [-0.2, 0) is 32.3 Å². The number of benzene rings is 1. The van der Waals surface area contributed by atoms with Gasteiger partial charge in [-0.2, -0.15) is 0 Å². The fourth-order valence-corrected chi connectivity index (χ4v) is 9.03. The number of nitrogens with zero attached hydrogens (tertiary/aromatic N) is 2. The molecular formula is C30H25BrN2O5S2. The van der Waals surface area contributed by atoms with Crippen LogP contribution in [0.25, 0.3) is 0 Å². The molecule has 2 aromatic heterocycles. The molecule has 2 saturated heterocycles. The van der Waals surface area contributed by atoms with Crippen LogP contribution in [0.1, 0.15) is 34.1 Å². The number of carbonyl (C=O) groups is 4. The van der Waals surface area contributed by atoms with Gasteiger partial charge in [0.05, 0.1) is 36.8 Å². The topological polar surface area (TPSA) is 95.0 Å². The fourth-order valence-electron chi connectivity index (χ4n) is 7.27. The molecule has 10 heteroatoms. The van der Waals surface area contributed by atoms with Crippen LogP contribution in [0.15, 0.2) is 69.3 Å². The first-order valence-electron chi connectivity index (χ1n) is 13.3. The van der Waals surface area contributed by atoms with Crippen molar-refractivity contribution < 1.29 is 24.3 Å². The summed E-state index contributed by atoms with van der Waals surface area (Å²) in [4.78, 5) is 59.8. The smallest absolute Gasteiger partial charge is 0.234 e. The first-order chi connectivity index (χ1) is 19.3. The number of carbonyl (C=O) groups excluding carboxylic acids is 4. The van der Waals surface area contributed by atoms with Crippen LogP contribution >= 0.6 is 38.6 Å². The molecule has 4 heterocycles. The number of amides is 4. The maximum Gasteiger partial charge on any atom is 0.234 e. The van der Waals surface area contributed by atoms with Crippen molar-refractivity contribution in [3.05, 3.63) is 84.7 Å². The molecule has 1 aromatic carbocycles. The predicted octanol–water partition coefficient (Wildman–Crippen LogP) is 5.31. The zero-order valence-corrected chi connectivity index (χ0v) is 24.5. The zero-order chi connectivity index (χ0) is 27.7. The largest absolute Gasteiger partial charge is 0.508 e. The molecule has 1 N–H and O–H groups in total. The molecular weight excluding hydrogens is 612 g/mol. The van der Waals surface area contributed by atoms with Crippen LogP contribution in [0.5, 0.6) is 5.75 Å². The zero-order valence-electron chi connectivity index (χ0n) is 21.2. The van der Waals surface area contributed by atoms with Gasteiger partial charge >= 0.3 is 0 Å². The maximum absolute atomic E-state index is 14.0. The van der Waals surface area contributed by atoms with Gasteiger partial charge in [-0.3, -0.25) is 29.0 Å². The monoisotopic (exact) mass is 636 g/mol. The Bertz CT molecular complexity index is 1570. The van der Waals surface area contributed by atoms with Gasteiger partial charge in [0.15, 0.2) is 0 Å². The molecule has 0 bridgehead atoms. The van der Waals surface area contributed by atoms with Gasteiger partial charge in [-0.25, -0.2) is 0 Å². The standard InChI is InChI=1S/C30H25BrN2O5S2/c31-15-5-8-23(34)21(11-15)24-18-6-7-19-25(29(37)32(27(19)35)13-16-3-1-9-39-16)20(18)12-22-26(24)30(38)33(28(22)36)14-17-4-2-10-40-17/h1-6,8-11,19-20,22,24-26,34H,7,12-14H2/t19-,20+,22+,24+,25-,26+/m0/s1. The van der Waals surface area contributed by atoms with E-state index in [0.717, 1.165) is 19.8 Å². The molecule has 0 unspecified atom stereocenters. The van der Waals surface area contributed by atoms with E-state index in [1.165, 1.54) is 32.5 Å². The Kier molecular flexibility index (Phi) is 6.32. The lowest BCUT2D eigenvalue weighted by Gasteiger charge is -2.44. The molecule has 6 atom stereocenters. The van der Waals surface area contributed by atoms with Crippen LogP contribution < -0.4 is 0 Å². The van der Waals surface area contributed by atoms with E-state index in [0.29, 0.717) is 18.4 Å². The highest BCUT2D eigenvalue weighted by Crippen LogP contribution is 2.59. The third-order valence-corrected chi connectivity index (χ3v) is 11.2. The molecule has 1 saturated carbocycles. The van der Waals surface area contributed by atoms with E-state index in [9.17, 15) is 24.3 Å². The summed E-state index contributed by atoms with van der Waals surface area (Å²) >= 11 is 6.50. The minimum absolute atomic E-state index is 0.0423. The molecule has 7 rings (SSSR count). The lowest BCUT2D eigenvalue weighted by atomic mass is 9.57. The van der Waals surface area contributed by atoms with E-state index in [-0.39, 0.29) is 48.4 Å². The van der Waals surface area contributed by atoms with Gasteiger partial charge in [0.25, 0.3) is 0 Å². The molecule has 7 nitrogen and oxygen atoms in total. The van der Waals surface area contributed by atoms with E-state index < -0.39 is 29.6 Å². The van der Waals surface area contributed by atoms with Crippen molar-refractivity contribution in [3.8, 4) is 5.75 Å². The van der Waals surface area contributed by atoms with E-state index in [1.54, 1.807) is 18.2 Å². The fraction of sp³-hybridized carbons (Fsp3) is 0.333. The summed E-state index contributed by atoms with van der Waals surface area (Å²) in [5.41, 5.74) is 1.44. The lowest BCUT2D eigenvalue weighted by molar-refractivity contribution is -0.142. The first kappa shape index (κ1) is 25.9. The number of hydrogen-bond donors (Lipinski definition) is 1. The summed E-state index contributed by atoms with van der Waals surface area (Å²) < 4.78 is 0.745. The number of likely N-dealkylation sites (tertiary alicyclic amines) is 2. The number of allylic oxidation sites excluding steroid dienone is 2. The van der Waals surface area contributed by atoms with E-state index in [2.05, 4.69) is 15.9 Å². The molecule has 3 fully saturated rings. The van der Waals surface area contributed by atoms with Gasteiger partial charge in [0.2, 0.25) is 23.6 Å². The number of phenols is 1. The van der Waals surface area contributed by atoms with Crippen LogP contribution in [0.4, 0.5) is 0 Å². The Morgan fingerprint density at radius 1 is 0.800 bits per heavy atom. The minimum atomic E-state index is -0.679. The predicted molar refractivity (Wildman–Crippen MR) is 153 cm³/mol. The average Bonchev–Trinajstić information content (AvgIpc) is 3.74. The third kappa shape index (κ3) is 3.94. The van der Waals surface area contributed by atoms with Crippen molar-refractivity contribution in [1.29, 1.82) is 0 Å². The molecule has 204 valence electrons. The average molecular weight is 638 g/mol. The van der Waals surface area contributed by atoms with Crippen LogP contribution in [0.3, 0.4) is 0 Å². The maximum atomic E-state index is 14.0. The second-order valence-electron chi connectivity index (χ2n) is 10.9. The Balaban J connectivity index is 1.30. The Morgan fingerprint density at radius 3 is 2.05 bits per heavy atom. The SMILES string of the molecule is O=C1[C@H]2[C@H](CC=C3[C@H]2C[C@H]2C(=O)N(Cc4cccs4)C(=O)[C@H]2[C@H]3c2cc(Br)ccc2O)C(=O)N1Cc1cccs1. The van der Waals surface area contributed by atoms with Crippen molar-refractivity contribution in [2.75, 3.05) is 0 Å². The normalized spacial score (nSPS) is 29.5. The second-order valence-corrected chi connectivity index (χ2v) is 13.9. The molecule has 40 heavy (non-hydrogen) atoms. The number of phenolic OH excluding ortho intramolecular Hbond substituents is 1. The molecule has 2 aliphatic carbocycles. The summed E-state index contributed by atoms with van der Waals surface area (Å²) in [5, 5.41) is 14.8. The summed E-state index contributed by atoms with van der Waals surface area (Å²) in [5.74, 6) is -4.14. The van der Waals surface area contributed by atoms with Gasteiger partial charge in [0.1, 0.15) is 5.75 Å². The van der Waals surface area contributed by atoms with Gasteiger partial charge in [-0.05, 0) is 59.9 Å². The number of halogens is 1. The van der Waals surface area contributed by atoms with Gasteiger partial charge < -0.3 is 5.11 Å². The molecule has 0 radical (unpaired) electrons. The van der Waals surface area contributed by atoms with Gasteiger partial charge in [-0.1, -0.05) is 39.7 Å². The van der Waals surface area contributed by atoms with E-state index >= 15 is 0 Å². The van der Waals surface area contributed by atoms with Crippen LogP contribution in [0, 0.1) is 29.6 Å². The summed E-state index contributed by atoms with van der Waals surface area (Å²) in [6, 6.07) is 12.7. The quantitative estimate of drug-likeness (QED) is 0.302. The number of hydrogen-bond acceptors (Lipinski definition) is 7. The van der Waals surface area contributed by atoms with Crippen molar-refractivity contribution in [2.45, 2.75) is 31.8 Å².